The highest BCUT2D eigenvalue weighted by Crippen LogP contribution is 2.31. The van der Waals surface area contributed by atoms with Crippen molar-refractivity contribution in [1.82, 2.24) is 15.1 Å². The van der Waals surface area contributed by atoms with Crippen molar-refractivity contribution >= 4 is 11.6 Å². The Bertz CT molecular complexity index is 943. The third-order valence-corrected chi connectivity index (χ3v) is 5.45. The van der Waals surface area contributed by atoms with Crippen molar-refractivity contribution in [2.45, 2.75) is 32.5 Å². The van der Waals surface area contributed by atoms with Gasteiger partial charge in [0.1, 0.15) is 17.4 Å². The molecule has 2 aliphatic rings. The molecule has 146 valence electrons. The van der Waals surface area contributed by atoms with Crippen LogP contribution in [0.3, 0.4) is 0 Å². The number of hydrogen-bond acceptors (Lipinski definition) is 5. The van der Waals surface area contributed by atoms with Gasteiger partial charge in [0, 0.05) is 38.2 Å². The largest absolute Gasteiger partial charge is 0.369 e. The average Bonchev–Trinajstić information content (AvgIpc) is 3.11. The summed E-state index contributed by atoms with van der Waals surface area (Å²) >= 11 is 0. The summed E-state index contributed by atoms with van der Waals surface area (Å²) in [4.78, 5) is 16.8. The van der Waals surface area contributed by atoms with Crippen molar-refractivity contribution in [3.63, 3.8) is 0 Å². The zero-order valence-electron chi connectivity index (χ0n) is 15.9. The van der Waals surface area contributed by atoms with Crippen molar-refractivity contribution in [3.05, 3.63) is 46.5 Å². The number of benzene rings is 1. The summed E-state index contributed by atoms with van der Waals surface area (Å²) in [7, 11) is 0. The molecule has 1 aromatic carbocycles. The molecular weight excluding hydrogens is 361 g/mol. The molecular formula is C20H22FN5O2. The number of aromatic nitrogens is 2. The van der Waals surface area contributed by atoms with E-state index in [0.29, 0.717) is 44.0 Å². The number of aromatic amines is 1. The van der Waals surface area contributed by atoms with Gasteiger partial charge >= 0.3 is 0 Å². The third-order valence-electron chi connectivity index (χ3n) is 5.45. The van der Waals surface area contributed by atoms with Gasteiger partial charge < -0.3 is 14.5 Å². The molecule has 4 rings (SSSR count). The van der Waals surface area contributed by atoms with Crippen LogP contribution in [-0.4, -0.2) is 53.3 Å². The monoisotopic (exact) mass is 383 g/mol. The number of nitrogens with zero attached hydrogens (tertiary/aromatic N) is 4. The van der Waals surface area contributed by atoms with Crippen LogP contribution in [0.4, 0.5) is 10.1 Å². The van der Waals surface area contributed by atoms with Crippen molar-refractivity contribution < 1.29 is 13.9 Å². The standard InChI is InChI=1S/C20H22FN5O2/c1-12-10-14-18(13(2)28-12)23-24-19(14)20(27)26-8-6-25(7-9-26)17-5-3-4-16(21)15(17)11-22/h3-5,12-13H,6-10H2,1-2H3,(H,23,24)/t12-,13+/m1/s1. The SMILES string of the molecule is C[C@@H]1Cc2c(C(=O)N3CCN(c4cccc(F)c4C#N)CC3)n[nH]c2[C@H](C)O1. The second-order valence-electron chi connectivity index (χ2n) is 7.28. The normalized spacial score (nSPS) is 21.9. The first-order chi connectivity index (χ1) is 13.5. The van der Waals surface area contributed by atoms with Gasteiger partial charge in [-0.3, -0.25) is 9.89 Å². The molecule has 0 spiro atoms. The highest BCUT2D eigenvalue weighted by Gasteiger charge is 2.32. The molecule has 1 aromatic heterocycles. The van der Waals surface area contributed by atoms with Crippen LogP contribution in [0.15, 0.2) is 18.2 Å². The molecule has 0 aliphatic carbocycles. The van der Waals surface area contributed by atoms with Crippen molar-refractivity contribution in [2.75, 3.05) is 31.1 Å². The second kappa shape index (κ2) is 7.24. The third kappa shape index (κ3) is 3.12. The van der Waals surface area contributed by atoms with E-state index in [1.165, 1.54) is 6.07 Å². The molecule has 2 aliphatic heterocycles. The molecule has 0 bridgehead atoms. The lowest BCUT2D eigenvalue weighted by molar-refractivity contribution is -0.00702. The lowest BCUT2D eigenvalue weighted by Crippen LogP contribution is -2.49. The van der Waals surface area contributed by atoms with Gasteiger partial charge in [0.25, 0.3) is 5.91 Å². The van der Waals surface area contributed by atoms with Gasteiger partial charge in [0.05, 0.1) is 23.6 Å². The van der Waals surface area contributed by atoms with Crippen molar-refractivity contribution in [1.29, 1.82) is 5.26 Å². The van der Waals surface area contributed by atoms with Gasteiger partial charge in [-0.05, 0) is 26.0 Å². The molecule has 2 atom stereocenters. The summed E-state index contributed by atoms with van der Waals surface area (Å²) in [5.74, 6) is -0.620. The minimum atomic E-state index is -0.521. The Morgan fingerprint density at radius 1 is 1.32 bits per heavy atom. The van der Waals surface area contributed by atoms with E-state index < -0.39 is 5.82 Å². The van der Waals surface area contributed by atoms with Crippen LogP contribution in [0.5, 0.6) is 0 Å². The number of halogens is 1. The van der Waals surface area contributed by atoms with E-state index in [1.54, 1.807) is 17.0 Å². The number of nitrogens with one attached hydrogen (secondary N) is 1. The zero-order chi connectivity index (χ0) is 19.8. The topological polar surface area (TPSA) is 85.3 Å². The minimum Gasteiger partial charge on any atom is -0.369 e. The number of rotatable bonds is 2. The molecule has 3 heterocycles. The second-order valence-corrected chi connectivity index (χ2v) is 7.28. The summed E-state index contributed by atoms with van der Waals surface area (Å²) in [6.45, 7) is 5.99. The molecule has 0 radical (unpaired) electrons. The number of anilines is 1. The number of fused-ring (bicyclic) bond motifs is 1. The van der Waals surface area contributed by atoms with Crippen LogP contribution in [0.2, 0.25) is 0 Å². The molecule has 1 saturated heterocycles. The molecule has 8 heteroatoms. The maximum atomic E-state index is 13.9. The molecule has 1 fully saturated rings. The zero-order valence-corrected chi connectivity index (χ0v) is 15.9. The van der Waals surface area contributed by atoms with E-state index in [2.05, 4.69) is 10.2 Å². The Hall–Kier alpha value is -2.92. The van der Waals surface area contributed by atoms with Crippen LogP contribution in [0.1, 0.15) is 47.3 Å². The van der Waals surface area contributed by atoms with Gasteiger partial charge in [-0.15, -0.1) is 0 Å². The summed E-state index contributed by atoms with van der Waals surface area (Å²) in [5.41, 5.74) is 2.90. The number of nitriles is 1. The van der Waals surface area contributed by atoms with E-state index in [-0.39, 0.29) is 23.7 Å². The van der Waals surface area contributed by atoms with Gasteiger partial charge in [-0.1, -0.05) is 6.07 Å². The fraction of sp³-hybridized carbons (Fsp3) is 0.450. The molecule has 1 N–H and O–H groups in total. The van der Waals surface area contributed by atoms with E-state index in [1.807, 2.05) is 24.8 Å². The minimum absolute atomic E-state index is 0.0425. The Morgan fingerprint density at radius 2 is 2.07 bits per heavy atom. The highest BCUT2D eigenvalue weighted by atomic mass is 19.1. The van der Waals surface area contributed by atoms with E-state index in [9.17, 15) is 14.4 Å². The Labute approximate surface area is 162 Å². The number of amides is 1. The lowest BCUT2D eigenvalue weighted by atomic mass is 9.99. The van der Waals surface area contributed by atoms with Crippen molar-refractivity contribution in [2.24, 2.45) is 0 Å². The van der Waals surface area contributed by atoms with Crippen LogP contribution in [-0.2, 0) is 11.2 Å². The lowest BCUT2D eigenvalue weighted by Gasteiger charge is -2.36. The van der Waals surface area contributed by atoms with Crippen LogP contribution in [0, 0.1) is 17.1 Å². The average molecular weight is 383 g/mol. The van der Waals surface area contributed by atoms with Crippen LogP contribution < -0.4 is 4.90 Å². The smallest absolute Gasteiger partial charge is 0.274 e. The molecule has 2 aromatic rings. The van der Waals surface area contributed by atoms with E-state index >= 15 is 0 Å². The summed E-state index contributed by atoms with van der Waals surface area (Å²) in [5, 5.41) is 16.5. The fourth-order valence-electron chi connectivity index (χ4n) is 4.04. The number of H-pyrrole nitrogens is 1. The number of carbonyl (C=O) groups excluding carboxylic acids is 1. The fourth-order valence-corrected chi connectivity index (χ4v) is 4.04. The Balaban J connectivity index is 1.49. The predicted octanol–water partition coefficient (Wildman–Crippen LogP) is 2.41. The molecule has 28 heavy (non-hydrogen) atoms. The maximum absolute atomic E-state index is 13.9. The van der Waals surface area contributed by atoms with E-state index in [4.69, 9.17) is 4.74 Å². The molecule has 0 unspecified atom stereocenters. The number of ether oxygens (including phenoxy) is 1. The summed E-state index contributed by atoms with van der Waals surface area (Å²) in [6.07, 6.45) is 0.592. The summed E-state index contributed by atoms with van der Waals surface area (Å²) in [6, 6.07) is 6.57. The van der Waals surface area contributed by atoms with Gasteiger partial charge in [0.15, 0.2) is 5.69 Å². The van der Waals surface area contributed by atoms with Crippen LogP contribution in [0.25, 0.3) is 0 Å². The quantitative estimate of drug-likeness (QED) is 0.861. The van der Waals surface area contributed by atoms with Crippen LogP contribution >= 0.6 is 0 Å². The van der Waals surface area contributed by atoms with Gasteiger partial charge in [-0.2, -0.15) is 10.4 Å². The van der Waals surface area contributed by atoms with Gasteiger partial charge in [0.2, 0.25) is 0 Å². The molecule has 0 saturated carbocycles. The van der Waals surface area contributed by atoms with Gasteiger partial charge in [-0.25, -0.2) is 4.39 Å². The first-order valence-corrected chi connectivity index (χ1v) is 9.45. The summed E-state index contributed by atoms with van der Waals surface area (Å²) < 4.78 is 19.7. The predicted molar refractivity (Wildman–Crippen MR) is 100 cm³/mol. The first kappa shape index (κ1) is 18.4. The number of carbonyl (C=O) groups is 1. The molecule has 7 nitrogen and oxygen atoms in total. The maximum Gasteiger partial charge on any atom is 0.274 e. The number of hydrogen-bond donors (Lipinski definition) is 1. The van der Waals surface area contributed by atoms with Crippen molar-refractivity contribution in [3.8, 4) is 6.07 Å². The Kier molecular flexibility index (Phi) is 4.77. The molecule has 1 amide bonds. The first-order valence-electron chi connectivity index (χ1n) is 9.45. The highest BCUT2D eigenvalue weighted by molar-refractivity contribution is 5.94. The number of piperazine rings is 1. The van der Waals surface area contributed by atoms with E-state index in [0.717, 1.165) is 11.3 Å². The Morgan fingerprint density at radius 3 is 2.79 bits per heavy atom.